The number of amides is 1. The first-order valence-electron chi connectivity index (χ1n) is 7.63. The Labute approximate surface area is 145 Å². The highest BCUT2D eigenvalue weighted by atomic mass is 32.1. The third kappa shape index (κ3) is 5.09. The van der Waals surface area contributed by atoms with Crippen LogP contribution in [0.2, 0.25) is 0 Å². The maximum absolute atomic E-state index is 12.4. The van der Waals surface area contributed by atoms with Crippen LogP contribution in [-0.4, -0.2) is 25.1 Å². The van der Waals surface area contributed by atoms with Crippen LogP contribution in [0.4, 0.5) is 0 Å². The van der Waals surface area contributed by atoms with Gasteiger partial charge in [0.25, 0.3) is 5.91 Å². The highest BCUT2D eigenvalue weighted by Crippen LogP contribution is 2.23. The molecule has 2 atom stereocenters. The zero-order valence-electron chi connectivity index (χ0n) is 13.9. The molecule has 5 nitrogen and oxygen atoms in total. The quantitative estimate of drug-likeness (QED) is 0.781. The predicted molar refractivity (Wildman–Crippen MR) is 93.1 cm³/mol. The Kier molecular flexibility index (Phi) is 6.37. The average Bonchev–Trinajstić information content (AvgIpc) is 3.10. The second-order valence-corrected chi connectivity index (χ2v) is 6.41. The number of carbonyl (C=O) groups is 2. The Bertz CT molecular complexity index is 667. The van der Waals surface area contributed by atoms with Crippen LogP contribution in [0.25, 0.3) is 0 Å². The summed E-state index contributed by atoms with van der Waals surface area (Å²) in [5, 5.41) is 4.76. The Morgan fingerprint density at radius 2 is 1.92 bits per heavy atom. The van der Waals surface area contributed by atoms with Gasteiger partial charge in [-0.15, -0.1) is 11.3 Å². The van der Waals surface area contributed by atoms with Gasteiger partial charge < -0.3 is 14.8 Å². The van der Waals surface area contributed by atoms with Crippen molar-refractivity contribution in [2.24, 2.45) is 0 Å². The van der Waals surface area contributed by atoms with E-state index in [0.29, 0.717) is 5.75 Å². The molecule has 1 aromatic carbocycles. The van der Waals surface area contributed by atoms with Crippen LogP contribution < -0.4 is 10.1 Å². The molecule has 0 aliphatic rings. The molecule has 0 radical (unpaired) electrons. The molecule has 2 unspecified atom stereocenters. The van der Waals surface area contributed by atoms with E-state index in [1.807, 2.05) is 48.7 Å². The maximum atomic E-state index is 12.4. The van der Waals surface area contributed by atoms with Crippen LogP contribution in [0.5, 0.6) is 5.75 Å². The summed E-state index contributed by atoms with van der Waals surface area (Å²) in [5.74, 6) is -0.0254. The van der Waals surface area contributed by atoms with Crippen LogP contribution in [0, 0.1) is 6.92 Å². The van der Waals surface area contributed by atoms with Gasteiger partial charge in [-0.05, 0) is 37.4 Å². The summed E-state index contributed by atoms with van der Waals surface area (Å²) in [6.45, 7) is 3.66. The zero-order chi connectivity index (χ0) is 17.5. The first-order valence-corrected chi connectivity index (χ1v) is 8.51. The summed E-state index contributed by atoms with van der Waals surface area (Å²) < 4.78 is 10.4. The number of nitrogens with one attached hydrogen (secondary N) is 1. The number of carbonyl (C=O) groups excluding carboxylic acids is 2. The van der Waals surface area contributed by atoms with Crippen molar-refractivity contribution in [2.75, 3.05) is 7.11 Å². The topological polar surface area (TPSA) is 64.6 Å². The third-order valence-electron chi connectivity index (χ3n) is 3.50. The molecule has 1 amide bonds. The molecular weight excluding hydrogens is 326 g/mol. The van der Waals surface area contributed by atoms with Crippen molar-refractivity contribution in [3.8, 4) is 5.75 Å². The lowest BCUT2D eigenvalue weighted by atomic mass is 10.1. The van der Waals surface area contributed by atoms with Crippen LogP contribution in [0.15, 0.2) is 41.8 Å². The minimum absolute atomic E-state index is 0.0833. The van der Waals surface area contributed by atoms with E-state index in [-0.39, 0.29) is 18.3 Å². The molecule has 2 aromatic rings. The SMILES string of the molecule is COC(=O)CC(NC(=O)C(C)Oc1ccc(C)cc1)c1cccs1. The van der Waals surface area contributed by atoms with Crippen LogP contribution in [0.3, 0.4) is 0 Å². The van der Waals surface area contributed by atoms with E-state index in [1.54, 1.807) is 6.92 Å². The van der Waals surface area contributed by atoms with Gasteiger partial charge in [0.1, 0.15) is 5.75 Å². The van der Waals surface area contributed by atoms with Crippen molar-refractivity contribution in [3.63, 3.8) is 0 Å². The van der Waals surface area contributed by atoms with Gasteiger partial charge in [-0.3, -0.25) is 9.59 Å². The van der Waals surface area contributed by atoms with Gasteiger partial charge in [0.15, 0.2) is 6.10 Å². The number of rotatable bonds is 7. The first-order chi connectivity index (χ1) is 11.5. The Morgan fingerprint density at radius 3 is 2.50 bits per heavy atom. The molecule has 0 aliphatic heterocycles. The van der Waals surface area contributed by atoms with Crippen molar-refractivity contribution in [2.45, 2.75) is 32.4 Å². The number of benzene rings is 1. The monoisotopic (exact) mass is 347 g/mol. The average molecular weight is 347 g/mol. The molecule has 1 N–H and O–H groups in total. The fraction of sp³-hybridized carbons (Fsp3) is 0.333. The summed E-state index contributed by atoms with van der Waals surface area (Å²) in [5.41, 5.74) is 1.12. The second-order valence-electron chi connectivity index (χ2n) is 5.43. The molecule has 2 rings (SSSR count). The minimum atomic E-state index is -0.673. The first kappa shape index (κ1) is 18.0. The summed E-state index contributed by atoms with van der Waals surface area (Å²) in [6.07, 6.45) is -0.590. The van der Waals surface area contributed by atoms with Crippen molar-refractivity contribution in [1.82, 2.24) is 5.32 Å². The normalized spacial score (nSPS) is 13.0. The molecule has 0 fully saturated rings. The number of hydrogen-bond acceptors (Lipinski definition) is 5. The number of esters is 1. The Morgan fingerprint density at radius 1 is 1.21 bits per heavy atom. The van der Waals surface area contributed by atoms with E-state index in [4.69, 9.17) is 9.47 Å². The lowest BCUT2D eigenvalue weighted by Crippen LogP contribution is -2.39. The fourth-order valence-corrected chi connectivity index (χ4v) is 2.90. The maximum Gasteiger partial charge on any atom is 0.307 e. The Hall–Kier alpha value is -2.34. The Balaban J connectivity index is 2.00. The van der Waals surface area contributed by atoms with Gasteiger partial charge in [0.2, 0.25) is 0 Å². The van der Waals surface area contributed by atoms with Crippen molar-refractivity contribution >= 4 is 23.2 Å². The molecule has 128 valence electrons. The summed E-state index contributed by atoms with van der Waals surface area (Å²) in [4.78, 5) is 24.9. The predicted octanol–water partition coefficient (Wildman–Crippen LogP) is 3.24. The van der Waals surface area contributed by atoms with E-state index in [0.717, 1.165) is 10.4 Å². The highest BCUT2D eigenvalue weighted by Gasteiger charge is 2.23. The fourth-order valence-electron chi connectivity index (χ4n) is 2.13. The molecule has 6 heteroatoms. The smallest absolute Gasteiger partial charge is 0.307 e. The van der Waals surface area contributed by atoms with Gasteiger partial charge in [-0.2, -0.15) is 0 Å². The summed E-state index contributed by atoms with van der Waals surface area (Å²) >= 11 is 1.48. The van der Waals surface area contributed by atoms with E-state index in [1.165, 1.54) is 18.4 Å². The minimum Gasteiger partial charge on any atom is -0.481 e. The number of thiophene rings is 1. The third-order valence-corrected chi connectivity index (χ3v) is 4.49. The molecule has 0 bridgehead atoms. The van der Waals surface area contributed by atoms with Crippen molar-refractivity contribution in [3.05, 3.63) is 52.2 Å². The van der Waals surface area contributed by atoms with Crippen molar-refractivity contribution < 1.29 is 19.1 Å². The molecule has 0 saturated carbocycles. The van der Waals surface area contributed by atoms with Gasteiger partial charge in [-0.1, -0.05) is 23.8 Å². The molecule has 0 saturated heterocycles. The molecule has 0 aliphatic carbocycles. The van der Waals surface area contributed by atoms with E-state index >= 15 is 0 Å². The number of methoxy groups -OCH3 is 1. The highest BCUT2D eigenvalue weighted by molar-refractivity contribution is 7.10. The van der Waals surface area contributed by atoms with Crippen LogP contribution in [-0.2, 0) is 14.3 Å². The molecule has 24 heavy (non-hydrogen) atoms. The van der Waals surface area contributed by atoms with Gasteiger partial charge in [0, 0.05) is 4.88 Å². The van der Waals surface area contributed by atoms with Gasteiger partial charge in [0.05, 0.1) is 19.6 Å². The largest absolute Gasteiger partial charge is 0.481 e. The van der Waals surface area contributed by atoms with Crippen LogP contribution >= 0.6 is 11.3 Å². The van der Waals surface area contributed by atoms with Crippen molar-refractivity contribution in [1.29, 1.82) is 0 Å². The molecule has 0 spiro atoms. The van der Waals surface area contributed by atoms with Gasteiger partial charge in [-0.25, -0.2) is 0 Å². The standard InChI is InChI=1S/C18H21NO4S/c1-12-6-8-14(9-7-12)23-13(2)18(21)19-15(11-17(20)22-3)16-5-4-10-24-16/h4-10,13,15H,11H2,1-3H3,(H,19,21). The lowest BCUT2D eigenvalue weighted by molar-refractivity contribution is -0.141. The molecule has 1 heterocycles. The summed E-state index contributed by atoms with van der Waals surface area (Å²) in [7, 11) is 1.33. The van der Waals surface area contributed by atoms with Crippen LogP contribution in [0.1, 0.15) is 29.8 Å². The molecular formula is C18H21NO4S. The number of ether oxygens (including phenoxy) is 2. The summed E-state index contributed by atoms with van der Waals surface area (Å²) in [6, 6.07) is 10.8. The number of hydrogen-bond donors (Lipinski definition) is 1. The zero-order valence-corrected chi connectivity index (χ0v) is 14.8. The molecule has 1 aromatic heterocycles. The van der Waals surface area contributed by atoms with E-state index < -0.39 is 12.1 Å². The number of aryl methyl sites for hydroxylation is 1. The lowest BCUT2D eigenvalue weighted by Gasteiger charge is -2.20. The second kappa shape index (κ2) is 8.49. The van der Waals surface area contributed by atoms with Gasteiger partial charge >= 0.3 is 5.97 Å². The van der Waals surface area contributed by atoms with E-state index in [2.05, 4.69) is 5.32 Å². The van der Waals surface area contributed by atoms with E-state index in [9.17, 15) is 9.59 Å².